The second kappa shape index (κ2) is 22.7. The predicted molar refractivity (Wildman–Crippen MR) is 215 cm³/mol. The second-order valence-corrected chi connectivity index (χ2v) is 14.0. The van der Waals surface area contributed by atoms with E-state index in [4.69, 9.17) is 19.9 Å². The lowest BCUT2D eigenvalue weighted by molar-refractivity contribution is -0.132. The minimum absolute atomic E-state index is 0.0292. The Kier molecular flexibility index (Phi) is 17.5. The highest BCUT2D eigenvalue weighted by atomic mass is 16.7. The number of methoxy groups -OCH3 is 1. The summed E-state index contributed by atoms with van der Waals surface area (Å²) in [6.07, 6.45) is -3.50. The number of carbonyl (C=O) groups is 5. The standard InChI is InChI=1S/C42H53N7O9/c1-27(2)38(47-42(55)58-28(3)57-22-21-56-4)41(54)48-49(25-30-15-9-6-10-16-30)26-36(50)34(23-29-13-7-5-8-14-29)45-40(53)35(24-37(43)51)46-39(52)33-20-19-31-17-11-12-18-32(31)44-33/h5-20,27-28,34-36,38,50H,21-26H2,1-4H3,(H2,43,51)(H,45,53)(H,46,52)(H,47,55)(H,48,54)/t28?,34-,35-,36-,38-/m0/s1. The molecule has 3 aromatic carbocycles. The number of rotatable bonds is 22. The number of benzene rings is 3. The Morgan fingerprint density at radius 3 is 2.10 bits per heavy atom. The number of alkyl carbamates (subject to hydrolysis) is 1. The Balaban J connectivity index is 1.54. The molecule has 0 radical (unpaired) electrons. The molecular weight excluding hydrogens is 747 g/mol. The van der Waals surface area contributed by atoms with Gasteiger partial charge in [0.15, 0.2) is 0 Å². The van der Waals surface area contributed by atoms with Crippen molar-refractivity contribution in [1.29, 1.82) is 0 Å². The van der Waals surface area contributed by atoms with Gasteiger partial charge in [-0.1, -0.05) is 98.8 Å². The van der Waals surface area contributed by atoms with Crippen molar-refractivity contribution >= 4 is 40.6 Å². The Labute approximate surface area is 337 Å². The zero-order valence-electron chi connectivity index (χ0n) is 33.1. The number of carbonyl (C=O) groups excluding carboxylic acids is 5. The molecule has 5 atom stereocenters. The molecule has 5 amide bonds. The number of aliphatic hydroxyl groups excluding tert-OH is 1. The first-order valence-electron chi connectivity index (χ1n) is 19.0. The van der Waals surface area contributed by atoms with Crippen molar-refractivity contribution in [3.63, 3.8) is 0 Å². The lowest BCUT2D eigenvalue weighted by Gasteiger charge is -2.33. The van der Waals surface area contributed by atoms with E-state index in [1.165, 1.54) is 18.2 Å². The fourth-order valence-corrected chi connectivity index (χ4v) is 5.98. The van der Waals surface area contributed by atoms with Crippen LogP contribution >= 0.6 is 0 Å². The Hall–Kier alpha value is -5.94. The van der Waals surface area contributed by atoms with E-state index in [1.807, 2.05) is 72.8 Å². The minimum Gasteiger partial charge on any atom is -0.420 e. The van der Waals surface area contributed by atoms with Crippen LogP contribution in [0.1, 0.15) is 48.8 Å². The van der Waals surface area contributed by atoms with E-state index in [9.17, 15) is 29.1 Å². The van der Waals surface area contributed by atoms with Crippen molar-refractivity contribution in [3.05, 3.63) is 114 Å². The first-order chi connectivity index (χ1) is 27.8. The molecule has 310 valence electrons. The number of pyridine rings is 1. The number of hydrogen-bond acceptors (Lipinski definition) is 11. The number of aliphatic hydroxyl groups is 1. The predicted octanol–water partition coefficient (Wildman–Crippen LogP) is 2.59. The van der Waals surface area contributed by atoms with Crippen LogP contribution in [0.3, 0.4) is 0 Å². The molecule has 4 aromatic rings. The largest absolute Gasteiger partial charge is 0.420 e. The summed E-state index contributed by atoms with van der Waals surface area (Å²) >= 11 is 0. The van der Waals surface area contributed by atoms with Gasteiger partial charge in [-0.15, -0.1) is 0 Å². The molecule has 0 aliphatic heterocycles. The number of nitrogens with one attached hydrogen (secondary N) is 4. The number of amides is 5. The van der Waals surface area contributed by atoms with Crippen LogP contribution in [0.15, 0.2) is 97.1 Å². The fourth-order valence-electron chi connectivity index (χ4n) is 5.98. The second-order valence-electron chi connectivity index (χ2n) is 14.0. The molecule has 0 saturated heterocycles. The van der Waals surface area contributed by atoms with Crippen molar-refractivity contribution in [2.75, 3.05) is 26.9 Å². The number of ether oxygens (including phenoxy) is 3. The third-order valence-corrected chi connectivity index (χ3v) is 8.98. The van der Waals surface area contributed by atoms with Gasteiger partial charge in [0.2, 0.25) is 18.1 Å². The lowest BCUT2D eigenvalue weighted by atomic mass is 9.99. The van der Waals surface area contributed by atoms with Crippen LogP contribution < -0.4 is 27.1 Å². The summed E-state index contributed by atoms with van der Waals surface area (Å²) in [5.74, 6) is -3.27. The van der Waals surface area contributed by atoms with Gasteiger partial charge in [-0.25, -0.2) is 14.8 Å². The highest BCUT2D eigenvalue weighted by Gasteiger charge is 2.32. The summed E-state index contributed by atoms with van der Waals surface area (Å²) in [6.45, 7) is 5.48. The van der Waals surface area contributed by atoms with E-state index < -0.39 is 66.7 Å². The van der Waals surface area contributed by atoms with Crippen LogP contribution in [0.25, 0.3) is 10.9 Å². The maximum atomic E-state index is 13.9. The van der Waals surface area contributed by atoms with Crippen LogP contribution in [-0.4, -0.2) is 102 Å². The molecule has 1 heterocycles. The van der Waals surface area contributed by atoms with Crippen LogP contribution in [0.4, 0.5) is 4.79 Å². The summed E-state index contributed by atoms with van der Waals surface area (Å²) < 4.78 is 15.6. The molecule has 0 aliphatic carbocycles. The average molecular weight is 800 g/mol. The van der Waals surface area contributed by atoms with Crippen LogP contribution in [0.2, 0.25) is 0 Å². The summed E-state index contributed by atoms with van der Waals surface area (Å²) in [5, 5.41) is 22.2. The summed E-state index contributed by atoms with van der Waals surface area (Å²) in [5.41, 5.74) is 10.5. The van der Waals surface area contributed by atoms with Gasteiger partial charge in [-0.3, -0.25) is 24.6 Å². The molecule has 1 unspecified atom stereocenters. The Morgan fingerprint density at radius 1 is 0.793 bits per heavy atom. The summed E-state index contributed by atoms with van der Waals surface area (Å²) in [6, 6.07) is 25.3. The number of primary amides is 1. The molecule has 4 rings (SSSR count). The van der Waals surface area contributed by atoms with Gasteiger partial charge in [0.25, 0.3) is 11.8 Å². The van der Waals surface area contributed by atoms with E-state index in [1.54, 1.807) is 39.0 Å². The van der Waals surface area contributed by atoms with Crippen molar-refractivity contribution in [1.82, 2.24) is 31.4 Å². The highest BCUT2D eigenvalue weighted by Crippen LogP contribution is 2.14. The average Bonchev–Trinajstić information content (AvgIpc) is 3.19. The van der Waals surface area contributed by atoms with Crippen LogP contribution in [0, 0.1) is 5.92 Å². The quantitative estimate of drug-likeness (QED) is 0.0385. The van der Waals surface area contributed by atoms with Crippen LogP contribution in [-0.2, 0) is 41.6 Å². The smallest absolute Gasteiger partial charge is 0.410 e. The molecular formula is C42H53N7O9. The van der Waals surface area contributed by atoms with E-state index in [-0.39, 0.29) is 37.7 Å². The molecule has 58 heavy (non-hydrogen) atoms. The normalized spacial score (nSPS) is 13.8. The molecule has 16 heteroatoms. The van der Waals surface area contributed by atoms with E-state index in [0.29, 0.717) is 12.1 Å². The Bertz CT molecular complexity index is 1950. The van der Waals surface area contributed by atoms with Gasteiger partial charge in [-0.05, 0) is 42.5 Å². The fraction of sp³-hybridized carbons (Fsp3) is 0.381. The van der Waals surface area contributed by atoms with Crippen LogP contribution in [0.5, 0.6) is 0 Å². The zero-order chi connectivity index (χ0) is 42.0. The highest BCUT2D eigenvalue weighted by molar-refractivity contribution is 5.99. The van der Waals surface area contributed by atoms with Crippen molar-refractivity contribution < 1.29 is 43.3 Å². The molecule has 0 spiro atoms. The lowest BCUT2D eigenvalue weighted by Crippen LogP contribution is -2.59. The molecule has 16 nitrogen and oxygen atoms in total. The molecule has 0 fully saturated rings. The number of fused-ring (bicyclic) bond motifs is 1. The first-order valence-corrected chi connectivity index (χ1v) is 19.0. The molecule has 0 bridgehead atoms. The topological polar surface area (TPSA) is 224 Å². The van der Waals surface area contributed by atoms with Gasteiger partial charge in [0.1, 0.15) is 17.8 Å². The number of aromatic nitrogens is 1. The third kappa shape index (κ3) is 14.5. The Morgan fingerprint density at radius 2 is 1.45 bits per heavy atom. The number of para-hydroxylation sites is 1. The minimum atomic E-state index is -1.41. The molecule has 0 saturated carbocycles. The third-order valence-electron chi connectivity index (χ3n) is 8.98. The number of hydrazine groups is 1. The van der Waals surface area contributed by atoms with Crippen molar-refractivity contribution in [2.24, 2.45) is 11.7 Å². The van der Waals surface area contributed by atoms with Gasteiger partial charge < -0.3 is 41.0 Å². The van der Waals surface area contributed by atoms with E-state index >= 15 is 0 Å². The van der Waals surface area contributed by atoms with Crippen molar-refractivity contribution in [2.45, 2.75) is 70.7 Å². The molecule has 0 aliphatic rings. The molecule has 1 aromatic heterocycles. The van der Waals surface area contributed by atoms with E-state index in [0.717, 1.165) is 16.5 Å². The maximum absolute atomic E-state index is 13.9. The maximum Gasteiger partial charge on any atom is 0.410 e. The number of hydrogen-bond donors (Lipinski definition) is 6. The monoisotopic (exact) mass is 799 g/mol. The summed E-state index contributed by atoms with van der Waals surface area (Å²) in [4.78, 5) is 70.4. The van der Waals surface area contributed by atoms with Gasteiger partial charge >= 0.3 is 6.09 Å². The summed E-state index contributed by atoms with van der Waals surface area (Å²) in [7, 11) is 1.52. The molecule has 7 N–H and O–H groups in total. The SMILES string of the molecule is COCCOC(C)OC(=O)N[C@H](C(=O)NN(Cc1ccccc1)C[C@H](O)[C@H](Cc1ccccc1)NC(=O)[C@H](CC(N)=O)NC(=O)c1ccc2ccccc2n1)C(C)C. The van der Waals surface area contributed by atoms with E-state index in [2.05, 4.69) is 26.4 Å². The van der Waals surface area contributed by atoms with Gasteiger partial charge in [0, 0.05) is 25.6 Å². The number of nitrogens with zero attached hydrogens (tertiary/aromatic N) is 2. The van der Waals surface area contributed by atoms with Gasteiger partial charge in [-0.2, -0.15) is 0 Å². The zero-order valence-corrected chi connectivity index (χ0v) is 33.1. The van der Waals surface area contributed by atoms with Gasteiger partial charge in [0.05, 0.1) is 37.3 Å². The number of nitrogens with two attached hydrogens (primary N) is 1. The first kappa shape index (κ1) is 44.8. The van der Waals surface area contributed by atoms with Crippen molar-refractivity contribution in [3.8, 4) is 0 Å².